The number of amides is 1. The van der Waals surface area contributed by atoms with E-state index in [0.29, 0.717) is 13.2 Å². The first-order valence-corrected chi connectivity index (χ1v) is 10.2. The van der Waals surface area contributed by atoms with Gasteiger partial charge in [0.1, 0.15) is 12.4 Å². The number of fused-ring (bicyclic) bond motifs is 3. The summed E-state index contributed by atoms with van der Waals surface area (Å²) in [6.45, 7) is 7.40. The Kier molecular flexibility index (Phi) is 4.75. The van der Waals surface area contributed by atoms with Gasteiger partial charge in [-0.1, -0.05) is 31.2 Å². The minimum Gasteiger partial charge on any atom is -0.488 e. The second-order valence-electron chi connectivity index (χ2n) is 6.77. The van der Waals surface area contributed by atoms with Crippen LogP contribution < -0.4 is 9.64 Å². The summed E-state index contributed by atoms with van der Waals surface area (Å²) in [6.07, 6.45) is 0.997. The van der Waals surface area contributed by atoms with Crippen molar-refractivity contribution in [2.45, 2.75) is 33.8 Å². The Morgan fingerprint density at radius 1 is 1.15 bits per heavy atom. The summed E-state index contributed by atoms with van der Waals surface area (Å²) in [7, 11) is 0. The molecular formula is C23H23NO2S. The van der Waals surface area contributed by atoms with Gasteiger partial charge in [0.2, 0.25) is 0 Å². The van der Waals surface area contributed by atoms with Crippen LogP contribution in [0.2, 0.25) is 0 Å². The molecule has 1 amide bonds. The van der Waals surface area contributed by atoms with Crippen molar-refractivity contribution in [3.8, 4) is 16.2 Å². The smallest absolute Gasteiger partial charge is 0.268 e. The summed E-state index contributed by atoms with van der Waals surface area (Å²) in [5.74, 6) is 0.960. The number of benzene rings is 2. The van der Waals surface area contributed by atoms with Crippen LogP contribution in [0.5, 0.6) is 5.75 Å². The van der Waals surface area contributed by atoms with Crippen LogP contribution in [0, 0.1) is 6.92 Å². The molecule has 0 N–H and O–H groups in total. The fraction of sp³-hybridized carbons (Fsp3) is 0.261. The van der Waals surface area contributed by atoms with E-state index >= 15 is 0 Å². The van der Waals surface area contributed by atoms with Gasteiger partial charge in [0.05, 0.1) is 4.88 Å². The van der Waals surface area contributed by atoms with E-state index in [2.05, 4.69) is 32.0 Å². The van der Waals surface area contributed by atoms with Gasteiger partial charge in [-0.3, -0.25) is 4.79 Å². The van der Waals surface area contributed by atoms with Gasteiger partial charge in [-0.05, 0) is 55.7 Å². The SMILES string of the molecule is CCc1ccc(N(CC)C(=O)c2cc3c(s2)-c2c(C)cccc2OC3)cc1. The zero-order chi connectivity index (χ0) is 19.0. The molecule has 3 aromatic rings. The number of rotatable bonds is 4. The van der Waals surface area contributed by atoms with Crippen molar-refractivity contribution in [3.05, 3.63) is 70.1 Å². The number of anilines is 1. The molecule has 0 spiro atoms. The van der Waals surface area contributed by atoms with Gasteiger partial charge < -0.3 is 9.64 Å². The van der Waals surface area contributed by atoms with Crippen LogP contribution in [0.4, 0.5) is 5.69 Å². The molecule has 138 valence electrons. The van der Waals surface area contributed by atoms with Crippen LogP contribution in [-0.4, -0.2) is 12.5 Å². The fourth-order valence-corrected chi connectivity index (χ4v) is 4.78. The lowest BCUT2D eigenvalue weighted by atomic mass is 10.0. The molecule has 4 rings (SSSR count). The van der Waals surface area contributed by atoms with Crippen LogP contribution >= 0.6 is 11.3 Å². The lowest BCUT2D eigenvalue weighted by Crippen LogP contribution is -2.29. The van der Waals surface area contributed by atoms with Gasteiger partial charge >= 0.3 is 0 Å². The monoisotopic (exact) mass is 377 g/mol. The van der Waals surface area contributed by atoms with E-state index in [1.165, 1.54) is 11.1 Å². The largest absolute Gasteiger partial charge is 0.488 e. The molecule has 27 heavy (non-hydrogen) atoms. The van der Waals surface area contributed by atoms with Crippen LogP contribution in [0.25, 0.3) is 10.4 Å². The highest BCUT2D eigenvalue weighted by Gasteiger charge is 2.26. The number of carbonyl (C=O) groups is 1. The second kappa shape index (κ2) is 7.20. The highest BCUT2D eigenvalue weighted by atomic mass is 32.1. The molecule has 0 bridgehead atoms. The molecule has 0 atom stereocenters. The molecule has 1 aliphatic heterocycles. The maximum atomic E-state index is 13.2. The lowest BCUT2D eigenvalue weighted by Gasteiger charge is -2.20. The quantitative estimate of drug-likeness (QED) is 0.571. The van der Waals surface area contributed by atoms with Gasteiger partial charge in [-0.25, -0.2) is 0 Å². The molecule has 2 heterocycles. The molecular weight excluding hydrogens is 354 g/mol. The molecule has 1 aliphatic rings. The first kappa shape index (κ1) is 17.8. The second-order valence-corrected chi connectivity index (χ2v) is 7.82. The van der Waals surface area contributed by atoms with E-state index in [9.17, 15) is 4.79 Å². The lowest BCUT2D eigenvalue weighted by molar-refractivity contribution is 0.0992. The maximum Gasteiger partial charge on any atom is 0.268 e. The van der Waals surface area contributed by atoms with Crippen molar-refractivity contribution >= 4 is 22.9 Å². The Balaban J connectivity index is 1.70. The summed E-state index contributed by atoms with van der Waals surface area (Å²) in [5, 5.41) is 0. The third kappa shape index (κ3) is 3.15. The van der Waals surface area contributed by atoms with Crippen molar-refractivity contribution in [2.75, 3.05) is 11.4 Å². The molecule has 0 fully saturated rings. The number of ether oxygens (including phenoxy) is 1. The third-order valence-corrected chi connectivity index (χ3v) is 6.27. The zero-order valence-electron chi connectivity index (χ0n) is 15.9. The Hall–Kier alpha value is -2.59. The van der Waals surface area contributed by atoms with Crippen LogP contribution in [-0.2, 0) is 13.0 Å². The Morgan fingerprint density at radius 3 is 2.63 bits per heavy atom. The van der Waals surface area contributed by atoms with Gasteiger partial charge in [0.15, 0.2) is 0 Å². The molecule has 0 unspecified atom stereocenters. The van der Waals surface area contributed by atoms with Crippen molar-refractivity contribution in [2.24, 2.45) is 0 Å². The summed E-state index contributed by atoms with van der Waals surface area (Å²) in [4.78, 5) is 17.0. The van der Waals surface area contributed by atoms with Gasteiger partial charge in [0, 0.05) is 28.2 Å². The number of aryl methyl sites for hydroxylation is 2. The average Bonchev–Trinajstić information content (AvgIpc) is 3.13. The number of hydrogen-bond acceptors (Lipinski definition) is 3. The summed E-state index contributed by atoms with van der Waals surface area (Å²) in [6, 6.07) is 16.4. The van der Waals surface area contributed by atoms with Crippen LogP contribution in [0.3, 0.4) is 0 Å². The van der Waals surface area contributed by atoms with Crippen LogP contribution in [0.1, 0.15) is 40.2 Å². The molecule has 2 aromatic carbocycles. The number of nitrogens with zero attached hydrogens (tertiary/aromatic N) is 1. The van der Waals surface area contributed by atoms with E-state index in [1.807, 2.05) is 42.2 Å². The Labute approximate surface area is 164 Å². The fourth-order valence-electron chi connectivity index (χ4n) is 3.55. The van der Waals surface area contributed by atoms with Crippen LogP contribution in [0.15, 0.2) is 48.5 Å². The molecule has 0 aliphatic carbocycles. The summed E-state index contributed by atoms with van der Waals surface area (Å²) >= 11 is 1.58. The van der Waals surface area contributed by atoms with Crippen molar-refractivity contribution in [1.29, 1.82) is 0 Å². The average molecular weight is 378 g/mol. The first-order chi connectivity index (χ1) is 13.1. The number of thiophene rings is 1. The predicted molar refractivity (Wildman–Crippen MR) is 112 cm³/mol. The predicted octanol–water partition coefficient (Wildman–Crippen LogP) is 5.85. The molecule has 0 saturated carbocycles. The highest BCUT2D eigenvalue weighted by Crippen LogP contribution is 2.44. The minimum absolute atomic E-state index is 0.0521. The Morgan fingerprint density at radius 2 is 1.93 bits per heavy atom. The molecule has 4 heteroatoms. The van der Waals surface area contributed by atoms with E-state index in [4.69, 9.17) is 4.74 Å². The third-order valence-electron chi connectivity index (χ3n) is 5.08. The molecule has 0 saturated heterocycles. The Bertz CT molecular complexity index is 988. The van der Waals surface area contributed by atoms with E-state index in [0.717, 1.165) is 38.7 Å². The topological polar surface area (TPSA) is 29.5 Å². The molecule has 0 radical (unpaired) electrons. The van der Waals surface area contributed by atoms with E-state index in [1.54, 1.807) is 11.3 Å². The first-order valence-electron chi connectivity index (χ1n) is 9.38. The van der Waals surface area contributed by atoms with E-state index in [-0.39, 0.29) is 5.91 Å². The van der Waals surface area contributed by atoms with Gasteiger partial charge in [-0.15, -0.1) is 11.3 Å². The normalized spacial score (nSPS) is 12.1. The zero-order valence-corrected chi connectivity index (χ0v) is 16.7. The van der Waals surface area contributed by atoms with Crippen molar-refractivity contribution in [3.63, 3.8) is 0 Å². The van der Waals surface area contributed by atoms with E-state index < -0.39 is 0 Å². The standard InChI is InChI=1S/C23H23NO2S/c1-4-16-9-11-18(12-10-16)24(5-2)23(25)20-13-17-14-26-19-8-6-7-15(3)21(19)22(17)27-20/h6-13H,4-5,14H2,1-3H3. The maximum absolute atomic E-state index is 13.2. The minimum atomic E-state index is 0.0521. The van der Waals surface area contributed by atoms with Crippen molar-refractivity contribution in [1.82, 2.24) is 0 Å². The molecule has 1 aromatic heterocycles. The van der Waals surface area contributed by atoms with Crippen molar-refractivity contribution < 1.29 is 9.53 Å². The van der Waals surface area contributed by atoms with Gasteiger partial charge in [-0.2, -0.15) is 0 Å². The highest BCUT2D eigenvalue weighted by molar-refractivity contribution is 7.17. The summed E-state index contributed by atoms with van der Waals surface area (Å²) < 4.78 is 5.90. The summed E-state index contributed by atoms with van der Waals surface area (Å²) in [5.41, 5.74) is 5.62. The number of carbonyl (C=O) groups excluding carboxylic acids is 1. The number of hydrogen-bond donors (Lipinski definition) is 0. The van der Waals surface area contributed by atoms with Gasteiger partial charge in [0.25, 0.3) is 5.91 Å². The molecule has 3 nitrogen and oxygen atoms in total.